The van der Waals surface area contributed by atoms with Gasteiger partial charge >= 0.3 is 5.97 Å². The Labute approximate surface area is 225 Å². The van der Waals surface area contributed by atoms with Crippen molar-refractivity contribution in [3.05, 3.63) is 76.9 Å². The fraction of sp³-hybridized carbons (Fsp3) is 0.269. The quantitative estimate of drug-likeness (QED) is 0.422. The molecule has 0 amide bonds. The van der Waals surface area contributed by atoms with Crippen LogP contribution < -0.4 is 29.1 Å². The van der Waals surface area contributed by atoms with Gasteiger partial charge in [0.05, 0.1) is 49.8 Å². The predicted molar refractivity (Wildman–Crippen MR) is 142 cm³/mol. The lowest BCUT2D eigenvalue weighted by atomic mass is 9.95. The summed E-state index contributed by atoms with van der Waals surface area (Å²) in [7, 11) is 4.48. The van der Waals surface area contributed by atoms with Crippen LogP contribution in [0.15, 0.2) is 55.9 Å². The Hall–Kier alpha value is -3.57. The molecule has 0 saturated heterocycles. The summed E-state index contributed by atoms with van der Waals surface area (Å²) in [6, 6.07) is 7.60. The molecule has 3 aromatic rings. The molecule has 1 atom stereocenters. The number of aromatic nitrogens is 1. The second kappa shape index (κ2) is 10.8. The molecule has 1 N–H and O–H groups in total. The zero-order chi connectivity index (χ0) is 26.9. The van der Waals surface area contributed by atoms with Gasteiger partial charge in [0, 0.05) is 10.0 Å². The summed E-state index contributed by atoms with van der Waals surface area (Å²) in [5.74, 6) is 0.544. The number of ether oxygens (including phenoxy) is 4. The van der Waals surface area contributed by atoms with Gasteiger partial charge in [-0.1, -0.05) is 39.4 Å². The first-order valence-corrected chi connectivity index (χ1v) is 12.8. The molecule has 0 fully saturated rings. The van der Waals surface area contributed by atoms with Crippen LogP contribution in [-0.4, -0.2) is 43.6 Å². The van der Waals surface area contributed by atoms with Crippen molar-refractivity contribution >= 4 is 39.3 Å². The van der Waals surface area contributed by atoms with Gasteiger partial charge in [0.1, 0.15) is 0 Å². The van der Waals surface area contributed by atoms with Crippen LogP contribution in [0.5, 0.6) is 23.0 Å². The number of thiazole rings is 1. The number of hydrogen-bond acceptors (Lipinski definition) is 9. The number of halogens is 1. The number of para-hydroxylation sites is 1. The average molecular weight is 589 g/mol. The molecule has 0 unspecified atom stereocenters. The zero-order valence-electron chi connectivity index (χ0n) is 20.8. The van der Waals surface area contributed by atoms with Gasteiger partial charge < -0.3 is 24.1 Å². The Morgan fingerprint density at radius 2 is 1.84 bits per heavy atom. The maximum atomic E-state index is 13.8. The van der Waals surface area contributed by atoms with Crippen LogP contribution in [0.3, 0.4) is 0 Å². The van der Waals surface area contributed by atoms with Crippen molar-refractivity contribution in [2.75, 3.05) is 27.9 Å². The predicted octanol–water partition coefficient (Wildman–Crippen LogP) is 3.29. The van der Waals surface area contributed by atoms with E-state index in [2.05, 4.69) is 20.9 Å². The van der Waals surface area contributed by atoms with Gasteiger partial charge in [0.15, 0.2) is 27.8 Å². The van der Waals surface area contributed by atoms with Gasteiger partial charge in [-0.2, -0.15) is 0 Å². The molecular formula is C26H25BrN2O7S. The second-order valence-corrected chi connectivity index (χ2v) is 9.79. The first-order chi connectivity index (χ1) is 17.7. The number of phenolic OH excluding ortho intramolecular Hbond substituents is 1. The summed E-state index contributed by atoms with van der Waals surface area (Å²) < 4.78 is 23.8. The maximum absolute atomic E-state index is 13.8. The number of aromatic hydroxyl groups is 1. The van der Waals surface area contributed by atoms with Gasteiger partial charge in [-0.3, -0.25) is 9.36 Å². The molecule has 11 heteroatoms. The molecule has 1 aliphatic heterocycles. The Balaban J connectivity index is 2.02. The van der Waals surface area contributed by atoms with Crippen molar-refractivity contribution in [1.29, 1.82) is 0 Å². The lowest BCUT2D eigenvalue weighted by Crippen LogP contribution is -2.40. The van der Waals surface area contributed by atoms with Crippen LogP contribution in [0.4, 0.5) is 0 Å². The number of esters is 1. The van der Waals surface area contributed by atoms with Crippen LogP contribution >= 0.6 is 27.3 Å². The van der Waals surface area contributed by atoms with Gasteiger partial charge in [-0.25, -0.2) is 9.79 Å². The Morgan fingerprint density at radius 1 is 1.16 bits per heavy atom. The van der Waals surface area contributed by atoms with E-state index in [4.69, 9.17) is 18.9 Å². The van der Waals surface area contributed by atoms with Crippen molar-refractivity contribution in [2.24, 2.45) is 4.99 Å². The molecule has 0 bridgehead atoms. The van der Waals surface area contributed by atoms with Crippen molar-refractivity contribution < 1.29 is 28.8 Å². The molecule has 194 valence electrons. The first kappa shape index (κ1) is 26.5. The number of carbonyl (C=O) groups excluding carboxylic acids is 1. The topological polar surface area (TPSA) is 109 Å². The van der Waals surface area contributed by atoms with Crippen molar-refractivity contribution in [2.45, 2.75) is 19.9 Å². The van der Waals surface area contributed by atoms with E-state index >= 15 is 0 Å². The molecule has 2 aromatic carbocycles. The van der Waals surface area contributed by atoms with Gasteiger partial charge in [-0.05, 0) is 43.7 Å². The Kier molecular flexibility index (Phi) is 7.74. The minimum Gasteiger partial charge on any atom is -0.504 e. The van der Waals surface area contributed by atoms with Gasteiger partial charge in [0.25, 0.3) is 5.56 Å². The van der Waals surface area contributed by atoms with E-state index in [0.717, 1.165) is 11.3 Å². The third kappa shape index (κ3) is 4.76. The van der Waals surface area contributed by atoms with E-state index in [1.807, 2.05) is 0 Å². The molecular weight excluding hydrogens is 564 g/mol. The van der Waals surface area contributed by atoms with E-state index in [-0.39, 0.29) is 29.2 Å². The minimum atomic E-state index is -0.856. The van der Waals surface area contributed by atoms with Crippen molar-refractivity contribution in [3.63, 3.8) is 0 Å². The largest absolute Gasteiger partial charge is 0.504 e. The summed E-state index contributed by atoms with van der Waals surface area (Å²) in [6.07, 6.45) is 1.58. The third-order valence-corrected chi connectivity index (χ3v) is 7.52. The molecule has 0 saturated carbocycles. The second-order valence-electron chi connectivity index (χ2n) is 7.93. The average Bonchev–Trinajstić information content (AvgIpc) is 3.18. The molecule has 0 aliphatic carbocycles. The summed E-state index contributed by atoms with van der Waals surface area (Å²) in [4.78, 5) is 31.9. The van der Waals surface area contributed by atoms with Crippen molar-refractivity contribution in [1.82, 2.24) is 4.57 Å². The molecule has 1 aliphatic rings. The maximum Gasteiger partial charge on any atom is 0.338 e. The van der Waals surface area contributed by atoms with Crippen LogP contribution in [0.25, 0.3) is 6.08 Å². The lowest BCUT2D eigenvalue weighted by Gasteiger charge is -2.26. The monoisotopic (exact) mass is 588 g/mol. The van der Waals surface area contributed by atoms with Gasteiger partial charge in [0.2, 0.25) is 0 Å². The van der Waals surface area contributed by atoms with E-state index in [1.54, 1.807) is 50.3 Å². The number of carbonyl (C=O) groups is 1. The number of allylic oxidation sites excluding steroid dienone is 1. The van der Waals surface area contributed by atoms with Crippen LogP contribution in [-0.2, 0) is 9.53 Å². The summed E-state index contributed by atoms with van der Waals surface area (Å²) in [6.45, 7) is 3.58. The highest BCUT2D eigenvalue weighted by Gasteiger charge is 2.35. The smallest absolute Gasteiger partial charge is 0.338 e. The SMILES string of the molecule is CCOC(=O)C1=C(C)N=c2s/c(=C\c3cccc(OC)c3O)c(=O)n2[C@H]1c1cc(OC)c(OC)cc1Br. The number of hydrogen-bond donors (Lipinski definition) is 1. The van der Waals surface area contributed by atoms with Crippen LogP contribution in [0, 0.1) is 0 Å². The third-order valence-electron chi connectivity index (χ3n) is 5.85. The summed E-state index contributed by atoms with van der Waals surface area (Å²) in [5, 5.41) is 10.5. The van der Waals surface area contributed by atoms with E-state index in [0.29, 0.717) is 42.1 Å². The number of fused-ring (bicyclic) bond motifs is 1. The number of methoxy groups -OCH3 is 3. The van der Waals surface area contributed by atoms with Crippen molar-refractivity contribution in [3.8, 4) is 23.0 Å². The number of nitrogens with zero attached hydrogens (tertiary/aromatic N) is 2. The summed E-state index contributed by atoms with van der Waals surface area (Å²) >= 11 is 4.73. The number of rotatable bonds is 7. The first-order valence-electron chi connectivity index (χ1n) is 11.2. The lowest BCUT2D eigenvalue weighted by molar-refractivity contribution is -0.139. The van der Waals surface area contributed by atoms with E-state index < -0.39 is 12.0 Å². The molecule has 0 radical (unpaired) electrons. The highest BCUT2D eigenvalue weighted by atomic mass is 79.9. The fourth-order valence-electron chi connectivity index (χ4n) is 4.13. The molecule has 0 spiro atoms. The number of phenols is 1. The molecule has 4 rings (SSSR count). The Morgan fingerprint density at radius 3 is 2.49 bits per heavy atom. The fourth-order valence-corrected chi connectivity index (χ4v) is 5.70. The van der Waals surface area contributed by atoms with E-state index in [1.165, 1.54) is 25.9 Å². The Bertz CT molecular complexity index is 1590. The number of benzene rings is 2. The molecule has 9 nitrogen and oxygen atoms in total. The normalized spacial score (nSPS) is 15.2. The highest BCUT2D eigenvalue weighted by Crippen LogP contribution is 2.40. The highest BCUT2D eigenvalue weighted by molar-refractivity contribution is 9.10. The molecule has 37 heavy (non-hydrogen) atoms. The summed E-state index contributed by atoms with van der Waals surface area (Å²) in [5.41, 5.74) is 1.29. The van der Waals surface area contributed by atoms with E-state index in [9.17, 15) is 14.7 Å². The van der Waals surface area contributed by atoms with Gasteiger partial charge in [-0.15, -0.1) is 0 Å². The van der Waals surface area contributed by atoms with Crippen LogP contribution in [0.1, 0.15) is 31.0 Å². The standard InChI is InChI=1S/C26H25BrN2O7S/c1-6-36-25(32)21-13(2)28-26-29(22(21)15-11-18(34-4)19(35-5)12-16(15)27)24(31)20(37-26)10-14-8-7-9-17(33-3)23(14)30/h7-12,22,30H,6H2,1-5H3/b20-10-/t22-/m0/s1. The zero-order valence-corrected chi connectivity index (χ0v) is 23.2. The molecule has 1 aromatic heterocycles. The van der Waals surface area contributed by atoms with Crippen LogP contribution in [0.2, 0.25) is 0 Å². The minimum absolute atomic E-state index is 0.0848. The molecule has 2 heterocycles.